The van der Waals surface area contributed by atoms with Gasteiger partial charge in [0, 0.05) is 5.92 Å². The SMILES string of the molecule is C=Cc1ccc2ccc(C(C)C=O)cc2c1. The lowest BCUT2D eigenvalue weighted by Crippen LogP contribution is -1.93. The predicted octanol–water partition coefficient (Wildman–Crippen LogP) is 3.79. The molecule has 0 saturated carbocycles. The molecule has 2 rings (SSSR count). The zero-order valence-corrected chi connectivity index (χ0v) is 9.31. The lowest BCUT2D eigenvalue weighted by atomic mass is 9.98. The molecule has 1 heteroatoms. The Hall–Kier alpha value is -1.89. The average Bonchev–Trinajstić information content (AvgIpc) is 2.36. The van der Waals surface area contributed by atoms with Crippen LogP contribution >= 0.6 is 0 Å². The van der Waals surface area contributed by atoms with Gasteiger partial charge in [-0.25, -0.2) is 0 Å². The summed E-state index contributed by atoms with van der Waals surface area (Å²) < 4.78 is 0. The highest BCUT2D eigenvalue weighted by molar-refractivity contribution is 5.86. The van der Waals surface area contributed by atoms with Crippen molar-refractivity contribution in [2.45, 2.75) is 12.8 Å². The van der Waals surface area contributed by atoms with Crippen LogP contribution in [0.15, 0.2) is 43.0 Å². The van der Waals surface area contributed by atoms with Crippen LogP contribution < -0.4 is 0 Å². The quantitative estimate of drug-likeness (QED) is 0.704. The van der Waals surface area contributed by atoms with Crippen LogP contribution in [0.5, 0.6) is 0 Å². The predicted molar refractivity (Wildman–Crippen MR) is 68.5 cm³/mol. The van der Waals surface area contributed by atoms with Crippen molar-refractivity contribution in [2.24, 2.45) is 0 Å². The van der Waals surface area contributed by atoms with E-state index in [9.17, 15) is 4.79 Å². The van der Waals surface area contributed by atoms with E-state index in [0.717, 1.165) is 22.8 Å². The van der Waals surface area contributed by atoms with E-state index >= 15 is 0 Å². The fourth-order valence-electron chi connectivity index (χ4n) is 1.77. The lowest BCUT2D eigenvalue weighted by molar-refractivity contribution is -0.108. The summed E-state index contributed by atoms with van der Waals surface area (Å²) in [5, 5.41) is 2.34. The van der Waals surface area contributed by atoms with E-state index in [0.29, 0.717) is 0 Å². The lowest BCUT2D eigenvalue weighted by Gasteiger charge is -2.06. The molecule has 0 aliphatic rings. The molecule has 0 N–H and O–H groups in total. The highest BCUT2D eigenvalue weighted by atomic mass is 16.1. The number of carbonyl (C=O) groups is 1. The van der Waals surface area contributed by atoms with Crippen LogP contribution in [0, 0.1) is 0 Å². The maximum absolute atomic E-state index is 10.7. The molecule has 1 nitrogen and oxygen atoms in total. The van der Waals surface area contributed by atoms with Crippen molar-refractivity contribution in [3.8, 4) is 0 Å². The highest BCUT2D eigenvalue weighted by Crippen LogP contribution is 2.22. The van der Waals surface area contributed by atoms with Gasteiger partial charge in [0.25, 0.3) is 0 Å². The van der Waals surface area contributed by atoms with Crippen LogP contribution in [0.4, 0.5) is 0 Å². The Morgan fingerprint density at radius 2 is 1.88 bits per heavy atom. The summed E-state index contributed by atoms with van der Waals surface area (Å²) in [5.74, 6) is -0.0446. The smallest absolute Gasteiger partial charge is 0.127 e. The zero-order valence-electron chi connectivity index (χ0n) is 9.31. The van der Waals surface area contributed by atoms with E-state index in [-0.39, 0.29) is 5.92 Å². The van der Waals surface area contributed by atoms with Gasteiger partial charge in [0.05, 0.1) is 0 Å². The van der Waals surface area contributed by atoms with Gasteiger partial charge in [-0.2, -0.15) is 0 Å². The molecule has 1 unspecified atom stereocenters. The molecule has 0 heterocycles. The molecule has 0 aromatic heterocycles. The van der Waals surface area contributed by atoms with Crippen LogP contribution in [-0.4, -0.2) is 6.29 Å². The monoisotopic (exact) mass is 210 g/mol. The minimum atomic E-state index is -0.0446. The van der Waals surface area contributed by atoms with Gasteiger partial charge in [0.1, 0.15) is 6.29 Å². The fourth-order valence-corrected chi connectivity index (χ4v) is 1.77. The van der Waals surface area contributed by atoms with Gasteiger partial charge in [-0.05, 0) is 28.0 Å². The third-order valence-electron chi connectivity index (χ3n) is 2.85. The van der Waals surface area contributed by atoms with Gasteiger partial charge in [-0.15, -0.1) is 0 Å². The molecule has 0 aliphatic heterocycles. The van der Waals surface area contributed by atoms with Crippen molar-refractivity contribution in [1.29, 1.82) is 0 Å². The number of aldehydes is 1. The second-order valence-corrected chi connectivity index (χ2v) is 3.99. The van der Waals surface area contributed by atoms with Crippen molar-refractivity contribution in [1.82, 2.24) is 0 Å². The van der Waals surface area contributed by atoms with Gasteiger partial charge < -0.3 is 4.79 Å². The minimum absolute atomic E-state index is 0.0446. The largest absolute Gasteiger partial charge is 0.303 e. The Morgan fingerprint density at radius 3 is 2.56 bits per heavy atom. The second-order valence-electron chi connectivity index (χ2n) is 3.99. The first-order chi connectivity index (χ1) is 7.74. The normalized spacial score (nSPS) is 12.3. The number of fused-ring (bicyclic) bond motifs is 1. The number of carbonyl (C=O) groups excluding carboxylic acids is 1. The van der Waals surface area contributed by atoms with E-state index in [4.69, 9.17) is 0 Å². The molecule has 2 aromatic rings. The molecule has 0 bridgehead atoms. The summed E-state index contributed by atoms with van der Waals surface area (Å²) in [7, 11) is 0. The van der Waals surface area contributed by atoms with E-state index in [1.165, 1.54) is 5.39 Å². The van der Waals surface area contributed by atoms with E-state index in [1.807, 2.05) is 25.1 Å². The van der Waals surface area contributed by atoms with Crippen LogP contribution in [0.2, 0.25) is 0 Å². The van der Waals surface area contributed by atoms with Gasteiger partial charge >= 0.3 is 0 Å². The first kappa shape index (κ1) is 10.6. The molecule has 16 heavy (non-hydrogen) atoms. The number of hydrogen-bond donors (Lipinski definition) is 0. The molecule has 0 saturated heterocycles. The fraction of sp³-hybridized carbons (Fsp3) is 0.133. The first-order valence-corrected chi connectivity index (χ1v) is 5.36. The van der Waals surface area contributed by atoms with Crippen LogP contribution in [-0.2, 0) is 4.79 Å². The Balaban J connectivity index is 2.58. The molecule has 80 valence electrons. The molecule has 2 aromatic carbocycles. The molecule has 0 amide bonds. The molecule has 1 atom stereocenters. The zero-order chi connectivity index (χ0) is 11.5. The second kappa shape index (κ2) is 4.31. The van der Waals surface area contributed by atoms with Gasteiger partial charge in [-0.3, -0.25) is 0 Å². The third kappa shape index (κ3) is 1.89. The standard InChI is InChI=1S/C15H14O/c1-3-12-4-5-13-6-7-14(11(2)10-16)9-15(13)8-12/h3-11H,1H2,2H3. The summed E-state index contributed by atoms with van der Waals surface area (Å²) in [6, 6.07) is 12.3. The van der Waals surface area contributed by atoms with Crippen molar-refractivity contribution in [3.63, 3.8) is 0 Å². The summed E-state index contributed by atoms with van der Waals surface area (Å²) in [6.45, 7) is 5.66. The number of hydrogen-bond acceptors (Lipinski definition) is 1. The van der Waals surface area contributed by atoms with Crippen LogP contribution in [0.3, 0.4) is 0 Å². The van der Waals surface area contributed by atoms with Crippen LogP contribution in [0.1, 0.15) is 24.0 Å². The number of benzene rings is 2. The van der Waals surface area contributed by atoms with E-state index in [1.54, 1.807) is 0 Å². The van der Waals surface area contributed by atoms with Gasteiger partial charge in [0.15, 0.2) is 0 Å². The maximum Gasteiger partial charge on any atom is 0.127 e. The summed E-state index contributed by atoms with van der Waals surface area (Å²) >= 11 is 0. The molecule has 0 spiro atoms. The molecular weight excluding hydrogens is 196 g/mol. The molecule has 0 fully saturated rings. The summed E-state index contributed by atoms with van der Waals surface area (Å²) in [5.41, 5.74) is 2.16. The van der Waals surface area contributed by atoms with Crippen molar-refractivity contribution in [2.75, 3.05) is 0 Å². The van der Waals surface area contributed by atoms with Gasteiger partial charge in [0.2, 0.25) is 0 Å². The van der Waals surface area contributed by atoms with E-state index in [2.05, 4.69) is 30.8 Å². The van der Waals surface area contributed by atoms with Crippen molar-refractivity contribution in [3.05, 3.63) is 54.1 Å². The van der Waals surface area contributed by atoms with Crippen LogP contribution in [0.25, 0.3) is 16.8 Å². The minimum Gasteiger partial charge on any atom is -0.303 e. The van der Waals surface area contributed by atoms with Gasteiger partial charge in [-0.1, -0.05) is 49.9 Å². The molecule has 0 radical (unpaired) electrons. The highest BCUT2D eigenvalue weighted by Gasteiger charge is 2.04. The summed E-state index contributed by atoms with van der Waals surface area (Å²) in [4.78, 5) is 10.7. The topological polar surface area (TPSA) is 17.1 Å². The summed E-state index contributed by atoms with van der Waals surface area (Å²) in [6.07, 6.45) is 2.80. The number of rotatable bonds is 3. The maximum atomic E-state index is 10.7. The Kier molecular flexibility index (Phi) is 2.86. The third-order valence-corrected chi connectivity index (χ3v) is 2.85. The Labute approximate surface area is 95.4 Å². The Morgan fingerprint density at radius 1 is 1.12 bits per heavy atom. The average molecular weight is 210 g/mol. The van der Waals surface area contributed by atoms with E-state index < -0.39 is 0 Å². The Bertz CT molecular complexity index is 540. The van der Waals surface area contributed by atoms with Crippen molar-refractivity contribution >= 4 is 23.1 Å². The molecule has 0 aliphatic carbocycles. The first-order valence-electron chi connectivity index (χ1n) is 5.36. The molecular formula is C15H14O. The van der Waals surface area contributed by atoms with Crippen molar-refractivity contribution < 1.29 is 4.79 Å².